The summed E-state index contributed by atoms with van der Waals surface area (Å²) in [5, 5.41) is 9.65. The van der Waals surface area contributed by atoms with E-state index in [1.165, 1.54) is 116 Å². The lowest BCUT2D eigenvalue weighted by molar-refractivity contribution is -0.887. The van der Waals surface area contributed by atoms with E-state index < -0.39 is 18.1 Å². The van der Waals surface area contributed by atoms with Crippen molar-refractivity contribution >= 4 is 17.9 Å². The van der Waals surface area contributed by atoms with Gasteiger partial charge in [-0.25, -0.2) is 4.79 Å². The molecule has 8 nitrogen and oxygen atoms in total. The van der Waals surface area contributed by atoms with Crippen LogP contribution >= 0.6 is 0 Å². The zero-order chi connectivity index (χ0) is 47.0. The van der Waals surface area contributed by atoms with Crippen molar-refractivity contribution in [3.8, 4) is 0 Å². The molecule has 0 aromatic carbocycles. The maximum absolute atomic E-state index is 12.8. The number of quaternary nitrogens is 1. The van der Waals surface area contributed by atoms with Crippen molar-refractivity contribution in [3.63, 3.8) is 0 Å². The highest BCUT2D eigenvalue weighted by atomic mass is 16.6. The summed E-state index contributed by atoms with van der Waals surface area (Å²) in [6, 6.07) is -0.626. The van der Waals surface area contributed by atoms with E-state index in [4.69, 9.17) is 14.2 Å². The van der Waals surface area contributed by atoms with E-state index in [9.17, 15) is 19.5 Å². The van der Waals surface area contributed by atoms with Crippen LogP contribution in [0, 0.1) is 0 Å². The average Bonchev–Trinajstić information content (AvgIpc) is 3.26. The number of allylic oxidation sites excluding steroid dienone is 12. The monoisotopic (exact) mass is 897 g/mol. The van der Waals surface area contributed by atoms with Crippen LogP contribution in [0.2, 0.25) is 0 Å². The van der Waals surface area contributed by atoms with Gasteiger partial charge in [0.25, 0.3) is 0 Å². The molecule has 8 heteroatoms. The number of nitrogens with zero attached hydrogens (tertiary/aromatic N) is 1. The molecule has 368 valence electrons. The molecule has 0 amide bonds. The lowest BCUT2D eigenvalue weighted by atomic mass is 10.0. The Labute approximate surface area is 393 Å². The number of rotatable bonds is 46. The largest absolute Gasteiger partial charge is 0.477 e. The zero-order valence-corrected chi connectivity index (χ0v) is 42.0. The molecule has 0 aromatic rings. The van der Waals surface area contributed by atoms with Gasteiger partial charge in [-0.3, -0.25) is 9.59 Å². The molecule has 0 saturated heterocycles. The number of carbonyl (C=O) groups excluding carboxylic acids is 2. The predicted molar refractivity (Wildman–Crippen MR) is 270 cm³/mol. The minimum atomic E-state index is -0.883. The van der Waals surface area contributed by atoms with Gasteiger partial charge < -0.3 is 23.8 Å². The summed E-state index contributed by atoms with van der Waals surface area (Å²) in [5.41, 5.74) is 0. The summed E-state index contributed by atoms with van der Waals surface area (Å²) in [6.07, 6.45) is 59.6. The fraction of sp³-hybridized carbons (Fsp3) is 0.732. The highest BCUT2D eigenvalue weighted by Gasteiger charge is 2.31. The number of ether oxygens (including phenoxy) is 3. The second kappa shape index (κ2) is 46.3. The summed E-state index contributed by atoms with van der Waals surface area (Å²) in [7, 11) is 5.52. The van der Waals surface area contributed by atoms with E-state index in [1.807, 2.05) is 21.1 Å². The molecule has 0 aromatic heterocycles. The Morgan fingerprint density at radius 1 is 0.484 bits per heavy atom. The van der Waals surface area contributed by atoms with Crippen molar-refractivity contribution in [2.24, 2.45) is 0 Å². The highest BCUT2D eigenvalue weighted by Crippen LogP contribution is 2.15. The van der Waals surface area contributed by atoms with Crippen LogP contribution in [-0.2, 0) is 28.6 Å². The molecule has 0 fully saturated rings. The third-order valence-electron chi connectivity index (χ3n) is 11.3. The average molecular weight is 897 g/mol. The van der Waals surface area contributed by atoms with Gasteiger partial charge in [0.1, 0.15) is 6.61 Å². The second-order valence-electron chi connectivity index (χ2n) is 18.4. The molecular formula is C56H98NO7+. The van der Waals surface area contributed by atoms with E-state index in [0.29, 0.717) is 19.3 Å². The Kier molecular flexibility index (Phi) is 44.0. The number of likely N-dealkylation sites (N-methyl/N-ethyl adjacent to an activating group) is 1. The molecule has 0 radical (unpaired) electrons. The summed E-state index contributed by atoms with van der Waals surface area (Å²) >= 11 is 0. The van der Waals surface area contributed by atoms with Gasteiger partial charge in [0, 0.05) is 19.3 Å². The van der Waals surface area contributed by atoms with E-state index in [0.717, 1.165) is 57.8 Å². The van der Waals surface area contributed by atoms with Crippen LogP contribution < -0.4 is 0 Å². The standard InChI is InChI=1S/C56H97NO7/c1-6-8-10-12-14-16-18-20-22-24-25-26-27-28-29-31-32-34-36-38-40-42-44-46-54(58)63-51-52(50-62-49-48-53(56(60)61)57(3,4)5)64-55(59)47-45-43-41-39-37-35-33-30-23-21-19-17-15-13-11-9-7-2/h8,10,14,16,20-23,33,35,39,41,52-53H,6-7,9,11-13,15,17-19,24-32,34,36-38,40,42-51H2,1-5H3/p+1/b10-8+,16-14+,22-20+,23-21+,35-33+,41-39+. The predicted octanol–water partition coefficient (Wildman–Crippen LogP) is 15.1. The lowest BCUT2D eigenvalue weighted by Crippen LogP contribution is -2.50. The van der Waals surface area contributed by atoms with Crippen LogP contribution in [0.1, 0.15) is 213 Å². The number of unbranched alkanes of at least 4 members (excludes halogenated alkanes) is 20. The molecule has 0 rings (SSSR count). The van der Waals surface area contributed by atoms with E-state index >= 15 is 0 Å². The molecule has 0 heterocycles. The second-order valence-corrected chi connectivity index (χ2v) is 18.4. The van der Waals surface area contributed by atoms with Crippen molar-refractivity contribution in [1.82, 2.24) is 0 Å². The van der Waals surface area contributed by atoms with Gasteiger partial charge in [-0.05, 0) is 77.0 Å². The summed E-state index contributed by atoms with van der Waals surface area (Å²) in [6.45, 7) is 4.58. The van der Waals surface area contributed by atoms with Crippen molar-refractivity contribution in [1.29, 1.82) is 0 Å². The van der Waals surface area contributed by atoms with Crippen LogP contribution in [0.5, 0.6) is 0 Å². The van der Waals surface area contributed by atoms with E-state index in [1.54, 1.807) is 0 Å². The lowest BCUT2D eigenvalue weighted by Gasteiger charge is -2.31. The number of hydrogen-bond acceptors (Lipinski definition) is 6. The fourth-order valence-corrected chi connectivity index (χ4v) is 7.36. The maximum atomic E-state index is 12.8. The van der Waals surface area contributed by atoms with E-state index in [2.05, 4.69) is 86.8 Å². The maximum Gasteiger partial charge on any atom is 0.362 e. The van der Waals surface area contributed by atoms with Crippen LogP contribution in [0.3, 0.4) is 0 Å². The first-order valence-corrected chi connectivity index (χ1v) is 26.0. The van der Waals surface area contributed by atoms with Crippen molar-refractivity contribution < 1.29 is 38.2 Å². The fourth-order valence-electron chi connectivity index (χ4n) is 7.36. The quantitative estimate of drug-likeness (QED) is 0.0281. The summed E-state index contributed by atoms with van der Waals surface area (Å²) in [4.78, 5) is 37.1. The molecule has 64 heavy (non-hydrogen) atoms. The molecule has 2 unspecified atom stereocenters. The van der Waals surface area contributed by atoms with Crippen LogP contribution in [0.25, 0.3) is 0 Å². The molecule has 2 atom stereocenters. The molecular weight excluding hydrogens is 799 g/mol. The number of carboxylic acid groups (broad SMARTS) is 1. The molecule has 0 saturated carbocycles. The molecule has 0 spiro atoms. The highest BCUT2D eigenvalue weighted by molar-refractivity contribution is 5.72. The topological polar surface area (TPSA) is 99.1 Å². The molecule has 0 aliphatic rings. The number of aliphatic carboxylic acids is 1. The van der Waals surface area contributed by atoms with Gasteiger partial charge in [0.05, 0.1) is 34.4 Å². The Balaban J connectivity index is 4.27. The Hall–Kier alpha value is -3.23. The zero-order valence-electron chi connectivity index (χ0n) is 42.0. The van der Waals surface area contributed by atoms with E-state index in [-0.39, 0.29) is 42.7 Å². The Bertz CT molecular complexity index is 1270. The molecule has 0 aliphatic heterocycles. The summed E-state index contributed by atoms with van der Waals surface area (Å²) in [5.74, 6) is -1.54. The van der Waals surface area contributed by atoms with Crippen molar-refractivity contribution in [3.05, 3.63) is 72.9 Å². The summed E-state index contributed by atoms with van der Waals surface area (Å²) < 4.78 is 17.3. The van der Waals surface area contributed by atoms with Gasteiger partial charge in [0.15, 0.2) is 12.1 Å². The SMILES string of the molecule is CC/C=C/C/C=C/C/C=C/CCCCCCCCCCCCCCCC(=O)OCC(COCCC(C(=O)O)[N+](C)(C)C)OC(=O)CCC/C=C/C/C=C/C/C=C/CCCCCCCC. The first-order valence-electron chi connectivity index (χ1n) is 26.0. The molecule has 1 N–H and O–H groups in total. The van der Waals surface area contributed by atoms with Crippen molar-refractivity contribution in [2.75, 3.05) is 41.0 Å². The number of hydrogen-bond donors (Lipinski definition) is 1. The minimum absolute atomic E-state index is 0.0389. The Morgan fingerprint density at radius 2 is 0.891 bits per heavy atom. The van der Waals surface area contributed by atoms with Crippen LogP contribution in [-0.4, -0.2) is 80.6 Å². The first kappa shape index (κ1) is 60.8. The van der Waals surface area contributed by atoms with Crippen molar-refractivity contribution in [2.45, 2.75) is 225 Å². The number of esters is 2. The molecule has 0 aliphatic carbocycles. The van der Waals surface area contributed by atoms with Crippen LogP contribution in [0.4, 0.5) is 0 Å². The third-order valence-corrected chi connectivity index (χ3v) is 11.3. The normalized spacial score (nSPS) is 13.5. The minimum Gasteiger partial charge on any atom is -0.477 e. The Morgan fingerprint density at radius 3 is 1.34 bits per heavy atom. The third kappa shape index (κ3) is 44.0. The number of carbonyl (C=O) groups is 3. The first-order chi connectivity index (χ1) is 31.1. The number of carboxylic acids is 1. The van der Waals surface area contributed by atoms with Gasteiger partial charge in [-0.1, -0.05) is 189 Å². The van der Waals surface area contributed by atoms with Gasteiger partial charge in [0.2, 0.25) is 0 Å². The van der Waals surface area contributed by atoms with Crippen LogP contribution in [0.15, 0.2) is 72.9 Å². The van der Waals surface area contributed by atoms with Gasteiger partial charge in [-0.2, -0.15) is 0 Å². The molecule has 0 bridgehead atoms. The van der Waals surface area contributed by atoms with Gasteiger partial charge >= 0.3 is 17.9 Å². The van der Waals surface area contributed by atoms with Gasteiger partial charge in [-0.15, -0.1) is 0 Å². The smallest absolute Gasteiger partial charge is 0.362 e.